The first-order valence-electron chi connectivity index (χ1n) is 7.21. The normalized spacial score (nSPS) is 21.1. The molecule has 0 unspecified atom stereocenters. The Morgan fingerprint density at radius 1 is 1.26 bits per heavy atom. The standard InChI is InChI=1S/C14H20N2O5S2/c1-10(2)8-15-23(20,21)13-6-4-12(5-7-13)16-14(17)11(3)9-22(16,18)19/h4-7,10-11,15H,8-9H2,1-3H3/t11-/m1/s1. The van der Waals surface area contributed by atoms with Crippen LogP contribution in [-0.2, 0) is 24.8 Å². The van der Waals surface area contributed by atoms with Gasteiger partial charge in [0.1, 0.15) is 0 Å². The van der Waals surface area contributed by atoms with Gasteiger partial charge in [0, 0.05) is 6.54 Å². The van der Waals surface area contributed by atoms with Crippen molar-refractivity contribution in [3.05, 3.63) is 24.3 Å². The number of amides is 1. The number of anilines is 1. The summed E-state index contributed by atoms with van der Waals surface area (Å²) >= 11 is 0. The van der Waals surface area contributed by atoms with E-state index in [1.165, 1.54) is 24.3 Å². The number of hydrogen-bond donors (Lipinski definition) is 1. The fraction of sp³-hybridized carbons (Fsp3) is 0.500. The minimum Gasteiger partial charge on any atom is -0.273 e. The van der Waals surface area contributed by atoms with E-state index >= 15 is 0 Å². The molecule has 0 spiro atoms. The number of nitrogens with one attached hydrogen (secondary N) is 1. The van der Waals surface area contributed by atoms with E-state index < -0.39 is 31.9 Å². The van der Waals surface area contributed by atoms with E-state index in [-0.39, 0.29) is 22.3 Å². The number of rotatable bonds is 5. The van der Waals surface area contributed by atoms with Crippen LogP contribution in [0.1, 0.15) is 20.8 Å². The van der Waals surface area contributed by atoms with Gasteiger partial charge in [-0.05, 0) is 30.2 Å². The Morgan fingerprint density at radius 2 is 1.83 bits per heavy atom. The average Bonchev–Trinajstić information content (AvgIpc) is 2.65. The lowest BCUT2D eigenvalue weighted by Gasteiger charge is -2.16. The Labute approximate surface area is 136 Å². The molecule has 23 heavy (non-hydrogen) atoms. The molecule has 0 aliphatic carbocycles. The number of carbonyl (C=O) groups is 1. The van der Waals surface area contributed by atoms with Gasteiger partial charge in [-0.2, -0.15) is 0 Å². The summed E-state index contributed by atoms with van der Waals surface area (Å²) in [4.78, 5) is 12.0. The second kappa shape index (κ2) is 6.21. The molecule has 1 N–H and O–H groups in total. The van der Waals surface area contributed by atoms with Crippen LogP contribution in [0.3, 0.4) is 0 Å². The molecule has 9 heteroatoms. The predicted octanol–water partition coefficient (Wildman–Crippen LogP) is 0.933. The van der Waals surface area contributed by atoms with Gasteiger partial charge in [0.2, 0.25) is 26.0 Å². The van der Waals surface area contributed by atoms with E-state index in [0.29, 0.717) is 6.54 Å². The van der Waals surface area contributed by atoms with Crippen LogP contribution in [0.5, 0.6) is 0 Å². The second-order valence-corrected chi connectivity index (χ2v) is 9.65. The molecule has 2 rings (SSSR count). The van der Waals surface area contributed by atoms with Crippen molar-refractivity contribution >= 4 is 31.6 Å². The van der Waals surface area contributed by atoms with Crippen LogP contribution in [0, 0.1) is 11.8 Å². The van der Waals surface area contributed by atoms with E-state index in [9.17, 15) is 21.6 Å². The summed E-state index contributed by atoms with van der Waals surface area (Å²) < 4.78 is 51.5. The van der Waals surface area contributed by atoms with Gasteiger partial charge in [-0.1, -0.05) is 20.8 Å². The summed E-state index contributed by atoms with van der Waals surface area (Å²) in [6, 6.07) is 5.25. The van der Waals surface area contributed by atoms with Crippen LogP contribution < -0.4 is 9.03 Å². The van der Waals surface area contributed by atoms with Gasteiger partial charge in [-0.3, -0.25) is 4.79 Å². The minimum absolute atomic E-state index is 0.0268. The summed E-state index contributed by atoms with van der Waals surface area (Å²) in [6.07, 6.45) is 0. The smallest absolute Gasteiger partial charge is 0.244 e. The predicted molar refractivity (Wildman–Crippen MR) is 86.9 cm³/mol. The fourth-order valence-electron chi connectivity index (χ4n) is 2.21. The Hall–Kier alpha value is -1.45. The third-order valence-corrected chi connectivity index (χ3v) is 6.73. The minimum atomic E-state index is -3.69. The summed E-state index contributed by atoms with van der Waals surface area (Å²) in [7, 11) is -7.34. The molecule has 0 saturated carbocycles. The van der Waals surface area contributed by atoms with Gasteiger partial charge in [-0.25, -0.2) is 25.9 Å². The fourth-order valence-corrected chi connectivity index (χ4v) is 5.24. The molecule has 1 fully saturated rings. The third kappa shape index (κ3) is 3.73. The second-order valence-electron chi connectivity index (χ2n) is 6.02. The van der Waals surface area contributed by atoms with Gasteiger partial charge < -0.3 is 0 Å². The Kier molecular flexibility index (Phi) is 4.84. The van der Waals surface area contributed by atoms with Gasteiger partial charge >= 0.3 is 0 Å². The molecule has 1 aromatic carbocycles. The molecule has 128 valence electrons. The van der Waals surface area contributed by atoms with Gasteiger partial charge in [-0.15, -0.1) is 0 Å². The molecule has 1 aliphatic heterocycles. The molecule has 1 heterocycles. The van der Waals surface area contributed by atoms with Gasteiger partial charge in [0.05, 0.1) is 22.3 Å². The van der Waals surface area contributed by atoms with Crippen LogP contribution >= 0.6 is 0 Å². The highest BCUT2D eigenvalue weighted by molar-refractivity contribution is 7.94. The van der Waals surface area contributed by atoms with Crippen molar-refractivity contribution in [1.82, 2.24) is 4.72 Å². The maximum atomic E-state index is 12.1. The molecule has 0 aromatic heterocycles. The zero-order valence-corrected chi connectivity index (χ0v) is 14.8. The summed E-state index contributed by atoms with van der Waals surface area (Å²) in [6.45, 7) is 5.63. The zero-order chi connectivity index (χ0) is 17.4. The summed E-state index contributed by atoms with van der Waals surface area (Å²) in [5.74, 6) is -1.17. The monoisotopic (exact) mass is 360 g/mol. The lowest BCUT2D eigenvalue weighted by Crippen LogP contribution is -2.30. The van der Waals surface area contributed by atoms with E-state index in [1.807, 2.05) is 13.8 Å². The molecule has 1 saturated heterocycles. The summed E-state index contributed by atoms with van der Waals surface area (Å²) in [5.41, 5.74) is 0.155. The number of carbonyl (C=O) groups excluding carboxylic acids is 1. The number of sulfonamides is 2. The first-order chi connectivity index (χ1) is 10.5. The highest BCUT2D eigenvalue weighted by atomic mass is 32.2. The van der Waals surface area contributed by atoms with Crippen molar-refractivity contribution in [1.29, 1.82) is 0 Å². The maximum absolute atomic E-state index is 12.1. The van der Waals surface area contributed by atoms with Gasteiger partial charge in [0.15, 0.2) is 0 Å². The van der Waals surface area contributed by atoms with Crippen molar-refractivity contribution < 1.29 is 21.6 Å². The van der Waals surface area contributed by atoms with E-state index in [0.717, 1.165) is 4.31 Å². The maximum Gasteiger partial charge on any atom is 0.244 e. The van der Waals surface area contributed by atoms with Crippen molar-refractivity contribution in [2.24, 2.45) is 11.8 Å². The van der Waals surface area contributed by atoms with Gasteiger partial charge in [0.25, 0.3) is 0 Å². The topological polar surface area (TPSA) is 101 Å². The highest BCUT2D eigenvalue weighted by Crippen LogP contribution is 2.28. The molecule has 0 bridgehead atoms. The van der Waals surface area contributed by atoms with Crippen LogP contribution in [0.15, 0.2) is 29.2 Å². The number of nitrogens with zero attached hydrogens (tertiary/aromatic N) is 1. The van der Waals surface area contributed by atoms with Crippen molar-refractivity contribution in [3.8, 4) is 0 Å². The Balaban J connectivity index is 2.28. The largest absolute Gasteiger partial charge is 0.273 e. The van der Waals surface area contributed by atoms with Crippen LogP contribution in [0.2, 0.25) is 0 Å². The molecule has 1 aliphatic rings. The molecule has 1 atom stereocenters. The van der Waals surface area contributed by atoms with Crippen LogP contribution in [0.4, 0.5) is 5.69 Å². The first kappa shape index (κ1) is 17.9. The molecular formula is C14H20N2O5S2. The van der Waals surface area contributed by atoms with Crippen LogP contribution in [0.25, 0.3) is 0 Å². The molecule has 0 radical (unpaired) electrons. The van der Waals surface area contributed by atoms with Crippen molar-refractivity contribution in [2.75, 3.05) is 16.6 Å². The summed E-state index contributed by atoms with van der Waals surface area (Å²) in [5, 5.41) is 0. The van der Waals surface area contributed by atoms with Crippen molar-refractivity contribution in [3.63, 3.8) is 0 Å². The number of hydrogen-bond acceptors (Lipinski definition) is 5. The Morgan fingerprint density at radius 3 is 2.26 bits per heavy atom. The van der Waals surface area contributed by atoms with E-state index in [1.54, 1.807) is 6.92 Å². The Bertz CT molecular complexity index is 798. The zero-order valence-electron chi connectivity index (χ0n) is 13.2. The molecule has 1 amide bonds. The lowest BCUT2D eigenvalue weighted by atomic mass is 10.2. The molecule has 1 aromatic rings. The highest BCUT2D eigenvalue weighted by Gasteiger charge is 2.41. The molecule has 7 nitrogen and oxygen atoms in total. The van der Waals surface area contributed by atoms with E-state index in [4.69, 9.17) is 0 Å². The SMILES string of the molecule is CC(C)CNS(=O)(=O)c1ccc(N2C(=O)[C@H](C)CS2(=O)=O)cc1. The third-order valence-electron chi connectivity index (χ3n) is 3.42. The van der Waals surface area contributed by atoms with Crippen LogP contribution in [-0.4, -0.2) is 35.0 Å². The first-order valence-corrected chi connectivity index (χ1v) is 10.3. The quantitative estimate of drug-likeness (QED) is 0.842. The number of benzene rings is 1. The van der Waals surface area contributed by atoms with Crippen molar-refractivity contribution in [2.45, 2.75) is 25.7 Å². The average molecular weight is 360 g/mol. The molecular weight excluding hydrogens is 340 g/mol. The lowest BCUT2D eigenvalue weighted by molar-refractivity contribution is -0.119. The van der Waals surface area contributed by atoms with E-state index in [2.05, 4.69) is 4.72 Å².